The van der Waals surface area contributed by atoms with Crippen LogP contribution in [-0.4, -0.2) is 22.3 Å². The number of benzene rings is 1. The molecular weight excluding hydrogens is 282 g/mol. The Morgan fingerprint density at radius 3 is 2.79 bits per heavy atom. The molecule has 0 spiro atoms. The molecule has 1 N–H and O–H groups in total. The standard InChI is InChI=1S/C14H18ClNO2S/c15-11-5-4-8-13(9-11)19(18)10-14(17)16-12-6-2-1-3-7-12/h4-5,8-9,12H,1-3,6-7,10H2,(H,16,17). The average Bonchev–Trinajstić information content (AvgIpc) is 2.39. The van der Waals surface area contributed by atoms with E-state index in [0.717, 1.165) is 12.8 Å². The van der Waals surface area contributed by atoms with Crippen LogP contribution in [0, 0.1) is 0 Å². The van der Waals surface area contributed by atoms with Crippen molar-refractivity contribution in [3.8, 4) is 0 Å². The van der Waals surface area contributed by atoms with Crippen molar-refractivity contribution < 1.29 is 9.35 Å². The van der Waals surface area contributed by atoms with Crippen LogP contribution in [0.4, 0.5) is 0 Å². The van der Waals surface area contributed by atoms with Gasteiger partial charge in [-0.1, -0.05) is 36.9 Å². The normalized spacial score (nSPS) is 18.0. The lowest BCUT2D eigenvalue weighted by Gasteiger charge is -2.22. The third-order valence-corrected chi connectivity index (χ3v) is 4.83. The Morgan fingerprint density at radius 1 is 1.37 bits per heavy atom. The molecular formula is C14H18ClNO2S. The number of rotatable bonds is 4. The van der Waals surface area contributed by atoms with Crippen molar-refractivity contribution in [2.75, 3.05) is 5.75 Å². The second kappa shape index (κ2) is 7.17. The first kappa shape index (κ1) is 14.7. The summed E-state index contributed by atoms with van der Waals surface area (Å²) in [5.74, 6) is -0.123. The highest BCUT2D eigenvalue weighted by atomic mass is 35.5. The molecule has 19 heavy (non-hydrogen) atoms. The summed E-state index contributed by atoms with van der Waals surface area (Å²) in [7, 11) is 0. The quantitative estimate of drug-likeness (QED) is 0.869. The van der Waals surface area contributed by atoms with Crippen LogP contribution in [0.3, 0.4) is 0 Å². The van der Waals surface area contributed by atoms with E-state index in [2.05, 4.69) is 5.32 Å². The summed E-state index contributed by atoms with van der Waals surface area (Å²) in [5.41, 5.74) is 0. The van der Waals surface area contributed by atoms with Crippen molar-refractivity contribution in [2.45, 2.75) is 43.0 Å². The number of hydrogen-bond acceptors (Lipinski definition) is 2. The van der Waals surface area contributed by atoms with Crippen LogP contribution in [0.5, 0.6) is 0 Å². The lowest BCUT2D eigenvalue weighted by Crippen LogP contribution is -2.39. The molecule has 3 nitrogen and oxygen atoms in total. The highest BCUT2D eigenvalue weighted by Gasteiger charge is 2.20. The van der Waals surface area contributed by atoms with Crippen LogP contribution in [0.25, 0.3) is 0 Å². The van der Waals surface area contributed by atoms with Gasteiger partial charge in [0, 0.05) is 17.1 Å². The van der Waals surface area contributed by atoms with E-state index < -0.39 is 11.2 Å². The number of halogens is 1. The molecule has 1 aromatic rings. The molecule has 1 fully saturated rings. The van der Waals surface area contributed by atoms with E-state index in [4.69, 9.17) is 11.6 Å². The zero-order valence-corrected chi connectivity index (χ0v) is 12.3. The van der Waals surface area contributed by atoms with E-state index in [0.29, 0.717) is 9.92 Å². The van der Waals surface area contributed by atoms with Gasteiger partial charge in [0.25, 0.3) is 5.91 Å². The molecule has 5 heteroatoms. The number of amides is 1. The summed E-state index contributed by atoms with van der Waals surface area (Å²) in [6.45, 7) is 0. The monoisotopic (exact) mass is 299 g/mol. The summed E-state index contributed by atoms with van der Waals surface area (Å²) in [6.07, 6.45) is 5.66. The maximum absolute atomic E-state index is 12.0. The van der Waals surface area contributed by atoms with Crippen molar-refractivity contribution in [1.82, 2.24) is 5.32 Å². The van der Waals surface area contributed by atoms with E-state index in [9.17, 15) is 9.35 Å². The topological polar surface area (TPSA) is 52.2 Å². The SMILES string of the molecule is O=C(C[S+]([O-])c1cccc(Cl)c1)NC1CCCCC1. The third kappa shape index (κ3) is 4.71. The lowest BCUT2D eigenvalue weighted by atomic mass is 9.95. The molecule has 2 rings (SSSR count). The van der Waals surface area contributed by atoms with Crippen LogP contribution in [-0.2, 0) is 16.0 Å². The molecule has 1 amide bonds. The zero-order valence-electron chi connectivity index (χ0n) is 10.7. The Labute approximate surface area is 121 Å². The molecule has 1 aromatic carbocycles. The Hall–Kier alpha value is -0.710. The lowest BCUT2D eigenvalue weighted by molar-refractivity contribution is -0.119. The maximum atomic E-state index is 12.0. The first-order chi connectivity index (χ1) is 9.15. The maximum Gasteiger partial charge on any atom is 0.270 e. The molecule has 0 aliphatic heterocycles. The van der Waals surface area contributed by atoms with E-state index in [1.807, 2.05) is 0 Å². The molecule has 104 valence electrons. The Bertz CT molecular complexity index is 435. The minimum Gasteiger partial charge on any atom is -0.611 e. The van der Waals surface area contributed by atoms with Gasteiger partial charge in [0.1, 0.15) is 0 Å². The van der Waals surface area contributed by atoms with Crippen LogP contribution in [0.2, 0.25) is 5.02 Å². The van der Waals surface area contributed by atoms with Gasteiger partial charge < -0.3 is 9.87 Å². The molecule has 0 bridgehead atoms. The largest absolute Gasteiger partial charge is 0.611 e. The van der Waals surface area contributed by atoms with Gasteiger partial charge in [-0.15, -0.1) is 0 Å². The molecule has 1 unspecified atom stereocenters. The summed E-state index contributed by atoms with van der Waals surface area (Å²) < 4.78 is 12.0. The first-order valence-corrected chi connectivity index (χ1v) is 8.28. The van der Waals surface area contributed by atoms with Gasteiger partial charge in [-0.2, -0.15) is 0 Å². The molecule has 1 atom stereocenters. The van der Waals surface area contributed by atoms with Crippen molar-refractivity contribution in [2.24, 2.45) is 0 Å². The molecule has 1 saturated carbocycles. The number of carbonyl (C=O) groups is 1. The molecule has 0 heterocycles. The molecule has 0 saturated heterocycles. The number of carbonyl (C=O) groups excluding carboxylic acids is 1. The van der Waals surface area contributed by atoms with Crippen LogP contribution >= 0.6 is 11.6 Å². The Kier molecular flexibility index (Phi) is 5.55. The summed E-state index contributed by atoms with van der Waals surface area (Å²) in [6, 6.07) is 7.11. The summed E-state index contributed by atoms with van der Waals surface area (Å²) in [5, 5.41) is 3.51. The van der Waals surface area contributed by atoms with E-state index in [1.165, 1.54) is 19.3 Å². The van der Waals surface area contributed by atoms with E-state index >= 15 is 0 Å². The van der Waals surface area contributed by atoms with Crippen LogP contribution < -0.4 is 5.32 Å². The van der Waals surface area contributed by atoms with Gasteiger partial charge in [-0.3, -0.25) is 4.79 Å². The fraction of sp³-hybridized carbons (Fsp3) is 0.500. The number of nitrogens with one attached hydrogen (secondary N) is 1. The summed E-state index contributed by atoms with van der Waals surface area (Å²) >= 11 is 4.52. The van der Waals surface area contributed by atoms with Crippen molar-refractivity contribution in [1.29, 1.82) is 0 Å². The first-order valence-electron chi connectivity index (χ1n) is 6.58. The Balaban J connectivity index is 1.84. The smallest absolute Gasteiger partial charge is 0.270 e. The molecule has 1 aliphatic carbocycles. The third-order valence-electron chi connectivity index (χ3n) is 3.29. The van der Waals surface area contributed by atoms with E-state index in [-0.39, 0.29) is 17.7 Å². The minimum atomic E-state index is -1.32. The van der Waals surface area contributed by atoms with Gasteiger partial charge in [0.2, 0.25) is 0 Å². The predicted octanol–water partition coefficient (Wildman–Crippen LogP) is 2.90. The number of hydrogen-bond donors (Lipinski definition) is 1. The zero-order chi connectivity index (χ0) is 13.7. The fourth-order valence-corrected chi connectivity index (χ4v) is 3.56. The van der Waals surface area contributed by atoms with Crippen LogP contribution in [0.1, 0.15) is 32.1 Å². The van der Waals surface area contributed by atoms with Gasteiger partial charge >= 0.3 is 0 Å². The molecule has 0 radical (unpaired) electrons. The predicted molar refractivity (Wildman–Crippen MR) is 77.7 cm³/mol. The summed E-state index contributed by atoms with van der Waals surface area (Å²) in [4.78, 5) is 12.4. The Morgan fingerprint density at radius 2 is 2.11 bits per heavy atom. The highest BCUT2D eigenvalue weighted by Crippen LogP contribution is 2.19. The van der Waals surface area contributed by atoms with Gasteiger partial charge in [0.15, 0.2) is 10.6 Å². The average molecular weight is 300 g/mol. The highest BCUT2D eigenvalue weighted by molar-refractivity contribution is 7.92. The molecule has 0 aromatic heterocycles. The second-order valence-electron chi connectivity index (χ2n) is 4.85. The van der Waals surface area contributed by atoms with E-state index in [1.54, 1.807) is 24.3 Å². The van der Waals surface area contributed by atoms with Gasteiger partial charge in [0.05, 0.1) is 0 Å². The van der Waals surface area contributed by atoms with Gasteiger partial charge in [-0.05, 0) is 36.2 Å². The van der Waals surface area contributed by atoms with Crippen molar-refractivity contribution in [3.05, 3.63) is 29.3 Å². The van der Waals surface area contributed by atoms with Crippen molar-refractivity contribution in [3.63, 3.8) is 0 Å². The molecule has 1 aliphatic rings. The van der Waals surface area contributed by atoms with Gasteiger partial charge in [-0.25, -0.2) is 0 Å². The second-order valence-corrected chi connectivity index (χ2v) is 6.74. The minimum absolute atomic E-state index is 0.0108. The van der Waals surface area contributed by atoms with Crippen molar-refractivity contribution >= 4 is 28.7 Å². The fourth-order valence-electron chi connectivity index (χ4n) is 2.33. The van der Waals surface area contributed by atoms with Crippen LogP contribution in [0.15, 0.2) is 29.2 Å².